The Morgan fingerprint density at radius 2 is 1.71 bits per heavy atom. The number of fused-ring (bicyclic) bond motifs is 1. The summed E-state index contributed by atoms with van der Waals surface area (Å²) < 4.78 is -0.611. The van der Waals surface area contributed by atoms with E-state index >= 15 is 0 Å². The Labute approximate surface area is 190 Å². The van der Waals surface area contributed by atoms with Gasteiger partial charge in [-0.15, -0.1) is 11.8 Å². The molecule has 0 radical (unpaired) electrons. The van der Waals surface area contributed by atoms with Gasteiger partial charge in [0.15, 0.2) is 0 Å². The molecule has 3 saturated heterocycles. The van der Waals surface area contributed by atoms with Crippen LogP contribution in [-0.4, -0.2) is 90.1 Å². The summed E-state index contributed by atoms with van der Waals surface area (Å²) in [6.07, 6.45) is 0. The number of carboxylic acid groups (broad SMARTS) is 1. The van der Waals surface area contributed by atoms with Gasteiger partial charge in [0.2, 0.25) is 11.8 Å². The van der Waals surface area contributed by atoms with Gasteiger partial charge in [-0.25, -0.2) is 4.79 Å². The van der Waals surface area contributed by atoms with Crippen LogP contribution in [0.25, 0.3) is 0 Å². The van der Waals surface area contributed by atoms with Crippen LogP contribution in [0, 0.1) is 0 Å². The predicted octanol–water partition coefficient (Wildman–Crippen LogP) is 0.763. The van der Waals surface area contributed by atoms with E-state index in [1.807, 2.05) is 58.0 Å². The SMILES string of the molecule is CC1(C)S[C@@H]2[C@H](N3C(=O)C(c4ccccc4)NC3(C)C)C(=O)N2[C@H]1C(=O)O.[NaH]. The van der Waals surface area contributed by atoms with Gasteiger partial charge in [0.05, 0.1) is 5.66 Å². The monoisotopic (exact) mass is 413 g/mol. The maximum absolute atomic E-state index is 13.2. The number of rotatable bonds is 3. The minimum atomic E-state index is -1.01. The second-order valence-corrected chi connectivity index (χ2v) is 10.1. The topological polar surface area (TPSA) is 90.0 Å². The molecule has 3 aliphatic heterocycles. The fourth-order valence-electron chi connectivity index (χ4n) is 4.49. The van der Waals surface area contributed by atoms with Crippen molar-refractivity contribution >= 4 is 59.1 Å². The number of benzene rings is 1. The van der Waals surface area contributed by atoms with Crippen molar-refractivity contribution in [2.75, 3.05) is 0 Å². The molecule has 7 nitrogen and oxygen atoms in total. The summed E-state index contributed by atoms with van der Waals surface area (Å²) in [6, 6.07) is 7.37. The summed E-state index contributed by atoms with van der Waals surface area (Å²) in [6.45, 7) is 7.43. The molecule has 0 saturated carbocycles. The first-order valence-electron chi connectivity index (χ1n) is 8.95. The van der Waals surface area contributed by atoms with Gasteiger partial charge in [-0.3, -0.25) is 14.9 Å². The van der Waals surface area contributed by atoms with Crippen LogP contribution < -0.4 is 5.32 Å². The van der Waals surface area contributed by atoms with Gasteiger partial charge < -0.3 is 14.9 Å². The molecule has 1 unspecified atom stereocenters. The third-order valence-corrected chi connectivity index (χ3v) is 7.20. The molecule has 2 N–H and O–H groups in total. The number of thioether (sulfide) groups is 1. The molecule has 2 amide bonds. The number of aliphatic carboxylic acids is 1. The summed E-state index contributed by atoms with van der Waals surface area (Å²) in [5.74, 6) is -1.45. The van der Waals surface area contributed by atoms with Gasteiger partial charge in [-0.05, 0) is 33.3 Å². The Morgan fingerprint density at radius 3 is 2.29 bits per heavy atom. The zero-order valence-corrected chi connectivity index (χ0v) is 16.5. The van der Waals surface area contributed by atoms with E-state index < -0.39 is 34.5 Å². The van der Waals surface area contributed by atoms with E-state index in [9.17, 15) is 19.5 Å². The number of hydrogen-bond donors (Lipinski definition) is 2. The van der Waals surface area contributed by atoms with E-state index in [1.54, 1.807) is 4.90 Å². The zero-order chi connectivity index (χ0) is 19.7. The molecule has 0 aliphatic carbocycles. The molecule has 0 spiro atoms. The van der Waals surface area contributed by atoms with Crippen molar-refractivity contribution in [1.29, 1.82) is 0 Å². The molecule has 28 heavy (non-hydrogen) atoms. The first kappa shape index (κ1) is 21.6. The van der Waals surface area contributed by atoms with Crippen molar-refractivity contribution in [1.82, 2.24) is 15.1 Å². The summed E-state index contributed by atoms with van der Waals surface area (Å²) in [5, 5.41) is 12.6. The molecule has 3 heterocycles. The van der Waals surface area contributed by atoms with Gasteiger partial charge in [-0.2, -0.15) is 0 Å². The van der Waals surface area contributed by atoms with Crippen molar-refractivity contribution in [3.8, 4) is 0 Å². The van der Waals surface area contributed by atoms with Crippen LogP contribution in [-0.2, 0) is 14.4 Å². The average Bonchev–Trinajstić information content (AvgIpc) is 2.98. The fourth-order valence-corrected chi connectivity index (χ4v) is 6.16. The van der Waals surface area contributed by atoms with Crippen LogP contribution in [0.4, 0.5) is 0 Å². The summed E-state index contributed by atoms with van der Waals surface area (Å²) in [7, 11) is 0. The van der Waals surface area contributed by atoms with Crippen LogP contribution in [0.15, 0.2) is 30.3 Å². The molecular formula is C19H24N3NaO4S. The Kier molecular flexibility index (Phi) is 5.43. The van der Waals surface area contributed by atoms with Crippen molar-refractivity contribution < 1.29 is 19.5 Å². The Hall–Kier alpha value is -1.06. The molecule has 3 aliphatic rings. The van der Waals surface area contributed by atoms with E-state index in [0.717, 1.165) is 5.56 Å². The van der Waals surface area contributed by atoms with E-state index in [0.29, 0.717) is 0 Å². The molecule has 4 atom stereocenters. The van der Waals surface area contributed by atoms with Crippen LogP contribution in [0.2, 0.25) is 0 Å². The molecule has 0 bridgehead atoms. The van der Waals surface area contributed by atoms with E-state index in [-0.39, 0.29) is 46.7 Å². The minimum absolute atomic E-state index is 0. The van der Waals surface area contributed by atoms with Crippen LogP contribution >= 0.6 is 11.8 Å². The Balaban J connectivity index is 0.00000225. The normalized spacial score (nSPS) is 32.6. The fraction of sp³-hybridized carbons (Fsp3) is 0.526. The first-order valence-corrected chi connectivity index (χ1v) is 9.83. The zero-order valence-electron chi connectivity index (χ0n) is 15.7. The molecule has 146 valence electrons. The molecule has 0 aromatic heterocycles. The molecule has 9 heteroatoms. The third kappa shape index (κ3) is 3.01. The maximum atomic E-state index is 13.2. The van der Waals surface area contributed by atoms with Crippen molar-refractivity contribution in [3.05, 3.63) is 35.9 Å². The van der Waals surface area contributed by atoms with Gasteiger partial charge in [-0.1, -0.05) is 30.3 Å². The van der Waals surface area contributed by atoms with Gasteiger partial charge in [0, 0.05) is 4.75 Å². The predicted molar refractivity (Wildman–Crippen MR) is 108 cm³/mol. The summed E-state index contributed by atoms with van der Waals surface area (Å²) in [5.41, 5.74) is 0.139. The number of amides is 2. The number of hydrogen-bond acceptors (Lipinski definition) is 5. The van der Waals surface area contributed by atoms with Gasteiger partial charge in [0.25, 0.3) is 0 Å². The first-order chi connectivity index (χ1) is 12.6. The Bertz CT molecular complexity index is 832. The number of nitrogens with one attached hydrogen (secondary N) is 1. The average molecular weight is 413 g/mol. The van der Waals surface area contributed by atoms with Crippen molar-refractivity contribution in [3.63, 3.8) is 0 Å². The standard InChI is InChI=1S/C19H23N3O4S.Na.H/c1-18(2)13(17(25)26)21-15(24)12(16(21)27-18)22-14(23)11(20-19(22,3)4)10-8-6-5-7-9-10;;/h5-9,11-13,16,20H,1-4H3,(H,25,26);;/t11?,12-,13+,16-;;/m1../s1. The second-order valence-electron chi connectivity index (χ2n) is 8.30. The quantitative estimate of drug-likeness (QED) is 0.562. The number of β-lactam (4-membered cyclic amide) rings is 1. The van der Waals surface area contributed by atoms with E-state index in [4.69, 9.17) is 0 Å². The van der Waals surface area contributed by atoms with Crippen molar-refractivity contribution in [2.24, 2.45) is 0 Å². The molecule has 3 fully saturated rings. The van der Waals surface area contributed by atoms with Gasteiger partial charge in [0.1, 0.15) is 23.5 Å². The number of carbonyl (C=O) groups excluding carboxylic acids is 2. The number of carbonyl (C=O) groups is 3. The van der Waals surface area contributed by atoms with Crippen LogP contribution in [0.3, 0.4) is 0 Å². The second kappa shape index (κ2) is 7.02. The Morgan fingerprint density at radius 1 is 1.11 bits per heavy atom. The van der Waals surface area contributed by atoms with E-state index in [1.165, 1.54) is 16.7 Å². The number of carboxylic acids is 1. The summed E-state index contributed by atoms with van der Waals surface area (Å²) in [4.78, 5) is 40.9. The van der Waals surface area contributed by atoms with Crippen LogP contribution in [0.1, 0.15) is 39.3 Å². The van der Waals surface area contributed by atoms with Crippen molar-refractivity contribution in [2.45, 2.75) is 61.6 Å². The van der Waals surface area contributed by atoms with E-state index in [2.05, 4.69) is 5.32 Å². The molecular weight excluding hydrogens is 389 g/mol. The third-order valence-electron chi connectivity index (χ3n) is 5.64. The molecule has 1 aromatic rings. The number of nitrogens with zero attached hydrogens (tertiary/aromatic N) is 2. The molecule has 1 aromatic carbocycles. The molecule has 4 rings (SSSR count). The summed E-state index contributed by atoms with van der Waals surface area (Å²) >= 11 is 1.46. The van der Waals surface area contributed by atoms with Gasteiger partial charge >= 0.3 is 35.5 Å². The van der Waals surface area contributed by atoms with Crippen LogP contribution in [0.5, 0.6) is 0 Å².